The highest BCUT2D eigenvalue weighted by molar-refractivity contribution is 7.81. The number of fused-ring (bicyclic) bond motifs is 3. The molecule has 1 aliphatic rings. The Hall–Kier alpha value is -1.61. The van der Waals surface area contributed by atoms with Gasteiger partial charge < -0.3 is 4.18 Å². The molecule has 0 saturated heterocycles. The molecule has 0 amide bonds. The topological polar surface area (TPSA) is 26.3 Å². The molecular formula is C14H12O2S. The Morgan fingerprint density at radius 2 is 1.59 bits per heavy atom. The largest absolute Gasteiger partial charge is 0.396 e. The highest BCUT2D eigenvalue weighted by Crippen LogP contribution is 2.42. The molecule has 2 aromatic carbocycles. The lowest BCUT2D eigenvalue weighted by Crippen LogP contribution is -2.11. The number of rotatable bonds is 0. The molecule has 3 heteroatoms. The summed E-state index contributed by atoms with van der Waals surface area (Å²) in [7, 11) is 0. The molecule has 0 N–H and O–H groups in total. The Morgan fingerprint density at radius 3 is 2.35 bits per heavy atom. The lowest BCUT2D eigenvalue weighted by atomic mass is 10.00. The third-order valence-electron chi connectivity index (χ3n) is 3.04. The SMILES string of the molecule is Cc1cccc2c1OS(=O)c1c(C)cccc1-2. The van der Waals surface area contributed by atoms with Gasteiger partial charge in [0.05, 0.1) is 4.90 Å². The van der Waals surface area contributed by atoms with Crippen LogP contribution in [0.25, 0.3) is 11.1 Å². The van der Waals surface area contributed by atoms with E-state index in [1.54, 1.807) is 0 Å². The van der Waals surface area contributed by atoms with Gasteiger partial charge in [-0.2, -0.15) is 0 Å². The van der Waals surface area contributed by atoms with Crippen molar-refractivity contribution in [3.05, 3.63) is 47.5 Å². The van der Waals surface area contributed by atoms with Crippen LogP contribution < -0.4 is 4.18 Å². The molecule has 2 nitrogen and oxygen atoms in total. The van der Waals surface area contributed by atoms with Crippen LogP contribution in [0.4, 0.5) is 0 Å². The second-order valence-electron chi connectivity index (χ2n) is 4.22. The molecule has 0 radical (unpaired) electrons. The van der Waals surface area contributed by atoms with E-state index in [-0.39, 0.29) is 0 Å². The summed E-state index contributed by atoms with van der Waals surface area (Å²) in [5.74, 6) is 0.740. The first-order chi connectivity index (χ1) is 8.18. The molecule has 0 spiro atoms. The molecule has 3 rings (SSSR count). The first-order valence-corrected chi connectivity index (χ1v) is 6.55. The van der Waals surface area contributed by atoms with E-state index in [4.69, 9.17) is 4.18 Å². The maximum atomic E-state index is 12.1. The van der Waals surface area contributed by atoms with Gasteiger partial charge in [0.25, 0.3) is 0 Å². The molecule has 0 saturated carbocycles. The summed E-state index contributed by atoms with van der Waals surface area (Å²) < 4.78 is 17.7. The van der Waals surface area contributed by atoms with Crippen LogP contribution in [0.1, 0.15) is 11.1 Å². The lowest BCUT2D eigenvalue weighted by Gasteiger charge is -2.21. The first-order valence-electron chi connectivity index (χ1n) is 5.48. The van der Waals surface area contributed by atoms with E-state index in [1.807, 2.05) is 50.2 Å². The molecule has 86 valence electrons. The van der Waals surface area contributed by atoms with Gasteiger partial charge in [0, 0.05) is 11.1 Å². The summed E-state index contributed by atoms with van der Waals surface area (Å²) in [4.78, 5) is 0.797. The predicted octanol–water partition coefficient (Wildman–Crippen LogP) is 3.39. The molecule has 1 atom stereocenters. The lowest BCUT2D eigenvalue weighted by molar-refractivity contribution is 0.555. The van der Waals surface area contributed by atoms with Crippen LogP contribution in [0, 0.1) is 13.8 Å². The van der Waals surface area contributed by atoms with Crippen molar-refractivity contribution in [3.63, 3.8) is 0 Å². The molecule has 1 heterocycles. The van der Waals surface area contributed by atoms with Gasteiger partial charge in [-0.05, 0) is 25.0 Å². The highest BCUT2D eigenvalue weighted by atomic mass is 32.2. The first kappa shape index (κ1) is 10.5. The minimum Gasteiger partial charge on any atom is -0.396 e. The fourth-order valence-corrected chi connectivity index (χ4v) is 3.32. The fourth-order valence-electron chi connectivity index (χ4n) is 2.18. The predicted molar refractivity (Wildman–Crippen MR) is 68.4 cm³/mol. The molecule has 17 heavy (non-hydrogen) atoms. The molecule has 0 aromatic heterocycles. The monoisotopic (exact) mass is 244 g/mol. The summed E-state index contributed by atoms with van der Waals surface area (Å²) >= 11 is -1.40. The van der Waals surface area contributed by atoms with Crippen LogP contribution in [-0.2, 0) is 11.1 Å². The zero-order valence-electron chi connectivity index (χ0n) is 9.69. The van der Waals surface area contributed by atoms with Gasteiger partial charge in [-0.25, -0.2) is 4.21 Å². The van der Waals surface area contributed by atoms with E-state index in [9.17, 15) is 4.21 Å². The van der Waals surface area contributed by atoms with E-state index in [0.29, 0.717) is 0 Å². The van der Waals surface area contributed by atoms with Crippen molar-refractivity contribution in [3.8, 4) is 16.9 Å². The summed E-state index contributed by atoms with van der Waals surface area (Å²) in [6.07, 6.45) is 0. The third kappa shape index (κ3) is 1.50. The van der Waals surface area contributed by atoms with Crippen LogP contribution in [0.3, 0.4) is 0 Å². The van der Waals surface area contributed by atoms with Crippen molar-refractivity contribution in [2.45, 2.75) is 18.7 Å². The second kappa shape index (κ2) is 3.70. The Balaban J connectivity index is 2.39. The van der Waals surface area contributed by atoms with Crippen LogP contribution in [0.5, 0.6) is 5.75 Å². The van der Waals surface area contributed by atoms with Gasteiger partial charge >= 0.3 is 0 Å². The summed E-state index contributed by atoms with van der Waals surface area (Å²) in [6.45, 7) is 3.93. The number of hydrogen-bond donors (Lipinski definition) is 0. The van der Waals surface area contributed by atoms with Gasteiger partial charge in [0.2, 0.25) is 11.1 Å². The van der Waals surface area contributed by atoms with Crippen molar-refractivity contribution < 1.29 is 8.39 Å². The molecule has 0 fully saturated rings. The number of aryl methyl sites for hydroxylation is 2. The number of para-hydroxylation sites is 1. The zero-order chi connectivity index (χ0) is 12.0. The van der Waals surface area contributed by atoms with Gasteiger partial charge in [0.1, 0.15) is 0 Å². The van der Waals surface area contributed by atoms with Crippen molar-refractivity contribution >= 4 is 11.1 Å². The molecule has 0 bridgehead atoms. The van der Waals surface area contributed by atoms with Gasteiger partial charge in [0.15, 0.2) is 5.75 Å². The summed E-state index contributed by atoms with van der Waals surface area (Å²) in [6, 6.07) is 11.9. The molecule has 2 aromatic rings. The van der Waals surface area contributed by atoms with Crippen LogP contribution in [-0.4, -0.2) is 4.21 Å². The Labute approximate surface area is 103 Å². The third-order valence-corrected chi connectivity index (χ3v) is 4.23. The highest BCUT2D eigenvalue weighted by Gasteiger charge is 2.25. The second-order valence-corrected chi connectivity index (χ2v) is 5.27. The van der Waals surface area contributed by atoms with Crippen LogP contribution >= 0.6 is 0 Å². The average molecular weight is 244 g/mol. The number of benzene rings is 2. The Kier molecular flexibility index (Phi) is 2.30. The van der Waals surface area contributed by atoms with Crippen LogP contribution in [0.15, 0.2) is 41.3 Å². The van der Waals surface area contributed by atoms with E-state index in [1.165, 1.54) is 0 Å². The van der Waals surface area contributed by atoms with Crippen molar-refractivity contribution in [2.75, 3.05) is 0 Å². The minimum atomic E-state index is -1.40. The van der Waals surface area contributed by atoms with E-state index >= 15 is 0 Å². The van der Waals surface area contributed by atoms with Crippen molar-refractivity contribution in [2.24, 2.45) is 0 Å². The molecule has 0 aliphatic carbocycles. The maximum Gasteiger partial charge on any atom is 0.241 e. The summed E-state index contributed by atoms with van der Waals surface area (Å²) in [5, 5.41) is 0. The average Bonchev–Trinajstić information content (AvgIpc) is 2.31. The Bertz CT molecular complexity index is 632. The smallest absolute Gasteiger partial charge is 0.241 e. The van der Waals surface area contributed by atoms with Crippen molar-refractivity contribution in [1.29, 1.82) is 0 Å². The van der Waals surface area contributed by atoms with Gasteiger partial charge in [-0.3, -0.25) is 0 Å². The zero-order valence-corrected chi connectivity index (χ0v) is 10.5. The Morgan fingerprint density at radius 1 is 0.941 bits per heavy atom. The van der Waals surface area contributed by atoms with E-state index in [2.05, 4.69) is 0 Å². The fraction of sp³-hybridized carbons (Fsp3) is 0.143. The van der Waals surface area contributed by atoms with E-state index < -0.39 is 11.1 Å². The molecular weight excluding hydrogens is 232 g/mol. The molecule has 1 unspecified atom stereocenters. The standard InChI is InChI=1S/C14H12O2S/c1-9-5-3-7-11-12-8-4-6-10(2)14(12)17(15)16-13(9)11/h3-8H,1-2H3. The van der Waals surface area contributed by atoms with Crippen molar-refractivity contribution in [1.82, 2.24) is 0 Å². The minimum absolute atomic E-state index is 0.740. The van der Waals surface area contributed by atoms with Gasteiger partial charge in [-0.15, -0.1) is 0 Å². The molecule has 1 aliphatic heterocycles. The van der Waals surface area contributed by atoms with E-state index in [0.717, 1.165) is 32.9 Å². The number of hydrogen-bond acceptors (Lipinski definition) is 2. The summed E-state index contributed by atoms with van der Waals surface area (Å²) in [5.41, 5.74) is 4.08. The quantitative estimate of drug-likeness (QED) is 0.710. The normalized spacial score (nSPS) is 16.9. The van der Waals surface area contributed by atoms with Crippen LogP contribution in [0.2, 0.25) is 0 Å². The maximum absolute atomic E-state index is 12.1. The van der Waals surface area contributed by atoms with Gasteiger partial charge in [-0.1, -0.05) is 36.4 Å².